The van der Waals surface area contributed by atoms with E-state index in [1.54, 1.807) is 42.5 Å². The van der Waals surface area contributed by atoms with Crippen molar-refractivity contribution < 1.29 is 9.21 Å². The van der Waals surface area contributed by atoms with Crippen molar-refractivity contribution in [1.82, 2.24) is 4.98 Å². The Kier molecular flexibility index (Phi) is 6.48. The lowest BCUT2D eigenvalue weighted by Crippen LogP contribution is -2.07. The van der Waals surface area contributed by atoms with Crippen LogP contribution in [0.15, 0.2) is 69.6 Å². The molecule has 0 saturated heterocycles. The maximum Gasteiger partial charge on any atom is 0.248 e. The number of nitrogens with one attached hydrogen (secondary N) is 1. The molecular formula is C22H12BrCl2IN2O2. The van der Waals surface area contributed by atoms with E-state index < -0.39 is 0 Å². The quantitative estimate of drug-likeness (QED) is 0.189. The van der Waals surface area contributed by atoms with Crippen molar-refractivity contribution >= 4 is 90.5 Å². The predicted molar refractivity (Wildman–Crippen MR) is 134 cm³/mol. The molecule has 0 radical (unpaired) electrons. The van der Waals surface area contributed by atoms with Crippen LogP contribution in [0, 0.1) is 3.57 Å². The van der Waals surface area contributed by atoms with Gasteiger partial charge in [-0.15, -0.1) is 0 Å². The Morgan fingerprint density at radius 2 is 1.93 bits per heavy atom. The molecule has 4 aromatic rings. The van der Waals surface area contributed by atoms with Gasteiger partial charge in [0.1, 0.15) is 5.52 Å². The highest BCUT2D eigenvalue weighted by molar-refractivity contribution is 14.1. The maximum atomic E-state index is 12.3. The number of halogens is 4. The van der Waals surface area contributed by atoms with Crippen molar-refractivity contribution in [2.45, 2.75) is 0 Å². The lowest BCUT2D eigenvalue weighted by atomic mass is 10.2. The summed E-state index contributed by atoms with van der Waals surface area (Å²) in [6.07, 6.45) is 3.05. The fourth-order valence-electron chi connectivity index (χ4n) is 2.77. The van der Waals surface area contributed by atoms with E-state index in [0.29, 0.717) is 38.3 Å². The Morgan fingerprint density at radius 3 is 2.73 bits per heavy atom. The molecule has 0 spiro atoms. The van der Waals surface area contributed by atoms with Gasteiger partial charge in [0.15, 0.2) is 5.58 Å². The molecule has 1 heterocycles. The van der Waals surface area contributed by atoms with Gasteiger partial charge in [-0.25, -0.2) is 4.98 Å². The molecule has 8 heteroatoms. The zero-order valence-electron chi connectivity index (χ0n) is 15.1. The summed E-state index contributed by atoms with van der Waals surface area (Å²) in [6, 6.07) is 16.4. The largest absolute Gasteiger partial charge is 0.436 e. The number of rotatable bonds is 4. The molecule has 150 valence electrons. The fourth-order valence-corrected chi connectivity index (χ4v) is 4.15. The van der Waals surface area contributed by atoms with Crippen LogP contribution in [0.2, 0.25) is 10.0 Å². The van der Waals surface area contributed by atoms with Crippen molar-refractivity contribution in [3.8, 4) is 11.5 Å². The molecule has 0 atom stereocenters. The molecule has 0 aliphatic heterocycles. The van der Waals surface area contributed by atoms with Crippen LogP contribution in [0.4, 0.5) is 5.69 Å². The van der Waals surface area contributed by atoms with Crippen molar-refractivity contribution in [3.05, 3.63) is 84.3 Å². The Bertz CT molecular complexity index is 1300. The minimum atomic E-state index is -0.288. The third kappa shape index (κ3) is 4.88. The van der Waals surface area contributed by atoms with Crippen molar-refractivity contribution in [2.75, 3.05) is 5.32 Å². The van der Waals surface area contributed by atoms with Crippen LogP contribution in [-0.4, -0.2) is 10.9 Å². The summed E-state index contributed by atoms with van der Waals surface area (Å²) in [4.78, 5) is 16.9. The van der Waals surface area contributed by atoms with Gasteiger partial charge in [0.25, 0.3) is 0 Å². The van der Waals surface area contributed by atoms with Gasteiger partial charge in [-0.3, -0.25) is 4.79 Å². The van der Waals surface area contributed by atoms with E-state index in [0.717, 1.165) is 13.6 Å². The van der Waals surface area contributed by atoms with Gasteiger partial charge in [0, 0.05) is 29.9 Å². The summed E-state index contributed by atoms with van der Waals surface area (Å²) in [7, 11) is 0. The van der Waals surface area contributed by atoms with E-state index >= 15 is 0 Å². The molecule has 4 rings (SSSR count). The van der Waals surface area contributed by atoms with Gasteiger partial charge in [-0.05, 0) is 98.7 Å². The average molecular weight is 614 g/mol. The molecular weight excluding hydrogens is 602 g/mol. The first-order chi connectivity index (χ1) is 14.4. The maximum absolute atomic E-state index is 12.3. The third-order valence-electron chi connectivity index (χ3n) is 4.19. The summed E-state index contributed by atoms with van der Waals surface area (Å²) in [5.41, 5.74) is 3.47. The summed E-state index contributed by atoms with van der Waals surface area (Å²) >= 11 is 17.8. The van der Waals surface area contributed by atoms with Crippen LogP contribution in [0.25, 0.3) is 28.6 Å². The molecule has 0 saturated carbocycles. The molecule has 0 bridgehead atoms. The molecule has 1 N–H and O–H groups in total. The van der Waals surface area contributed by atoms with Crippen molar-refractivity contribution in [1.29, 1.82) is 0 Å². The molecule has 3 aromatic carbocycles. The average Bonchev–Trinajstić information content (AvgIpc) is 3.12. The molecule has 1 aromatic heterocycles. The minimum Gasteiger partial charge on any atom is -0.436 e. The van der Waals surface area contributed by atoms with Gasteiger partial charge >= 0.3 is 0 Å². The second-order valence-electron chi connectivity index (χ2n) is 6.31. The highest BCUT2D eigenvalue weighted by Crippen LogP contribution is 2.32. The third-order valence-corrected chi connectivity index (χ3v) is 6.12. The molecule has 0 aliphatic carbocycles. The number of anilines is 1. The number of benzene rings is 3. The lowest BCUT2D eigenvalue weighted by molar-refractivity contribution is -0.111. The molecule has 0 aliphatic rings. The second kappa shape index (κ2) is 9.09. The molecule has 4 nitrogen and oxygen atoms in total. The molecule has 0 unspecified atom stereocenters. The highest BCUT2D eigenvalue weighted by Gasteiger charge is 2.13. The fraction of sp³-hybridized carbons (Fsp3) is 0. The van der Waals surface area contributed by atoms with E-state index in [1.807, 2.05) is 18.2 Å². The number of nitrogens with zero attached hydrogens (tertiary/aromatic N) is 1. The summed E-state index contributed by atoms with van der Waals surface area (Å²) in [5, 5.41) is 3.84. The first kappa shape index (κ1) is 21.4. The van der Waals surface area contributed by atoms with Crippen LogP contribution in [0.5, 0.6) is 0 Å². The monoisotopic (exact) mass is 612 g/mol. The van der Waals surface area contributed by atoms with Gasteiger partial charge in [0.2, 0.25) is 11.8 Å². The number of fused-ring (bicyclic) bond motifs is 1. The van der Waals surface area contributed by atoms with Crippen LogP contribution in [0.3, 0.4) is 0 Å². The summed E-state index contributed by atoms with van der Waals surface area (Å²) in [6.45, 7) is 0. The standard InChI is InChI=1S/C22H12BrCl2IN2O2/c23-17-6-4-14(26)10-16(17)22-28-19-11-15(5-7-20(19)30-22)27-21(29)8-2-12-1-3-13(24)9-18(12)25/h1-11H,(H,27,29). The van der Waals surface area contributed by atoms with Crippen molar-refractivity contribution in [2.24, 2.45) is 0 Å². The number of hydrogen-bond donors (Lipinski definition) is 1. The smallest absolute Gasteiger partial charge is 0.248 e. The summed E-state index contributed by atoms with van der Waals surface area (Å²) in [5.74, 6) is 0.223. The van der Waals surface area contributed by atoms with E-state index in [-0.39, 0.29) is 5.91 Å². The first-order valence-corrected chi connectivity index (χ1v) is 11.3. The summed E-state index contributed by atoms with van der Waals surface area (Å²) < 4.78 is 7.86. The highest BCUT2D eigenvalue weighted by atomic mass is 127. The van der Waals surface area contributed by atoms with E-state index in [1.165, 1.54) is 6.08 Å². The Hall–Kier alpha value is -1.87. The van der Waals surface area contributed by atoms with Gasteiger partial charge in [0.05, 0.1) is 5.56 Å². The zero-order valence-corrected chi connectivity index (χ0v) is 20.4. The van der Waals surface area contributed by atoms with E-state index in [9.17, 15) is 4.79 Å². The Morgan fingerprint density at radius 1 is 1.10 bits per heavy atom. The predicted octanol–water partition coefficient (Wildman–Crippen LogP) is 7.82. The van der Waals surface area contributed by atoms with Gasteiger partial charge in [-0.1, -0.05) is 29.3 Å². The number of amides is 1. The first-order valence-electron chi connectivity index (χ1n) is 8.69. The normalized spacial score (nSPS) is 11.3. The molecule has 1 amide bonds. The van der Waals surface area contributed by atoms with Crippen LogP contribution < -0.4 is 5.32 Å². The zero-order chi connectivity index (χ0) is 21.3. The number of carbonyl (C=O) groups excluding carboxylic acids is 1. The second-order valence-corrected chi connectivity index (χ2v) is 9.26. The van der Waals surface area contributed by atoms with Gasteiger partial charge < -0.3 is 9.73 Å². The molecule has 30 heavy (non-hydrogen) atoms. The number of hydrogen-bond acceptors (Lipinski definition) is 3. The van der Waals surface area contributed by atoms with E-state index in [4.69, 9.17) is 27.6 Å². The number of oxazole rings is 1. The van der Waals surface area contributed by atoms with Crippen LogP contribution in [0.1, 0.15) is 5.56 Å². The van der Waals surface area contributed by atoms with Gasteiger partial charge in [-0.2, -0.15) is 0 Å². The van der Waals surface area contributed by atoms with Crippen LogP contribution >= 0.6 is 61.7 Å². The lowest BCUT2D eigenvalue weighted by Gasteiger charge is -2.02. The number of aromatic nitrogens is 1. The van der Waals surface area contributed by atoms with E-state index in [2.05, 4.69) is 48.8 Å². The Labute approximate surface area is 204 Å². The Balaban J connectivity index is 1.54. The SMILES string of the molecule is O=C(C=Cc1ccc(Cl)cc1Cl)Nc1ccc2oc(-c3cc(I)ccc3Br)nc2c1. The van der Waals surface area contributed by atoms with Crippen LogP contribution in [-0.2, 0) is 4.79 Å². The topological polar surface area (TPSA) is 55.1 Å². The molecule has 0 fully saturated rings. The minimum absolute atomic E-state index is 0.288. The van der Waals surface area contributed by atoms with Crippen molar-refractivity contribution in [3.63, 3.8) is 0 Å². The number of carbonyl (C=O) groups is 1.